The van der Waals surface area contributed by atoms with Gasteiger partial charge >= 0.3 is 0 Å². The van der Waals surface area contributed by atoms with Crippen LogP contribution in [-0.2, 0) is 11.4 Å². The van der Waals surface area contributed by atoms with Crippen LogP contribution >= 0.6 is 46.0 Å². The fourth-order valence-electron chi connectivity index (χ4n) is 3.27. The summed E-state index contributed by atoms with van der Waals surface area (Å²) < 4.78 is 25.7. The largest absolute Gasteiger partial charge is 0.490 e. The lowest BCUT2D eigenvalue weighted by atomic mass is 10.1. The Morgan fingerprint density at radius 2 is 1.85 bits per heavy atom. The van der Waals surface area contributed by atoms with Gasteiger partial charge in [0.15, 0.2) is 11.5 Å². The summed E-state index contributed by atoms with van der Waals surface area (Å²) in [5.74, 6) is 0.340. The molecule has 0 aromatic heterocycles. The third-order valence-corrected chi connectivity index (χ3v) is 6.69. The van der Waals surface area contributed by atoms with Gasteiger partial charge in [-0.25, -0.2) is 9.29 Å². The van der Waals surface area contributed by atoms with Crippen molar-refractivity contribution < 1.29 is 23.5 Å². The van der Waals surface area contributed by atoms with Gasteiger partial charge in [-0.05, 0) is 101 Å². The number of imide groups is 1. The molecular weight excluding hydrogens is 592 g/mol. The van der Waals surface area contributed by atoms with Crippen molar-refractivity contribution in [2.24, 2.45) is 0 Å². The number of hydrogen-bond donors (Lipinski definition) is 0. The lowest BCUT2D eigenvalue weighted by Crippen LogP contribution is -2.27. The summed E-state index contributed by atoms with van der Waals surface area (Å²) in [6.07, 6.45) is 1.66. The zero-order valence-electron chi connectivity index (χ0n) is 17.9. The van der Waals surface area contributed by atoms with E-state index in [1.54, 1.807) is 48.5 Å². The van der Waals surface area contributed by atoms with E-state index in [9.17, 15) is 14.0 Å². The van der Waals surface area contributed by atoms with E-state index in [-0.39, 0.29) is 12.4 Å². The molecule has 3 aromatic rings. The number of halogens is 3. The zero-order valence-corrected chi connectivity index (χ0v) is 21.6. The average molecular weight is 610 g/mol. The molecule has 34 heavy (non-hydrogen) atoms. The number of rotatable bonds is 7. The molecule has 2 amide bonds. The summed E-state index contributed by atoms with van der Waals surface area (Å²) in [6.45, 7) is 2.52. The molecule has 1 fully saturated rings. The predicted molar refractivity (Wildman–Crippen MR) is 141 cm³/mol. The van der Waals surface area contributed by atoms with Crippen LogP contribution in [0.5, 0.6) is 11.5 Å². The number of thioether (sulfide) groups is 1. The Balaban J connectivity index is 1.60. The Morgan fingerprint density at radius 1 is 1.09 bits per heavy atom. The Morgan fingerprint density at radius 3 is 2.56 bits per heavy atom. The highest BCUT2D eigenvalue weighted by Crippen LogP contribution is 2.39. The normalized spacial score (nSPS) is 14.7. The summed E-state index contributed by atoms with van der Waals surface area (Å²) in [7, 11) is 0. The molecule has 0 bridgehead atoms. The van der Waals surface area contributed by atoms with Crippen molar-refractivity contribution >= 4 is 68.9 Å². The van der Waals surface area contributed by atoms with Crippen LogP contribution in [0.2, 0.25) is 5.02 Å². The molecule has 174 valence electrons. The number of benzene rings is 3. The highest BCUT2D eigenvalue weighted by molar-refractivity contribution is 14.1. The van der Waals surface area contributed by atoms with Crippen LogP contribution in [0.3, 0.4) is 0 Å². The number of amides is 2. The average Bonchev–Trinajstić information content (AvgIpc) is 3.07. The molecule has 0 radical (unpaired) electrons. The molecule has 4 rings (SSSR count). The second-order valence-corrected chi connectivity index (χ2v) is 9.77. The molecule has 1 aliphatic heterocycles. The number of carbonyl (C=O) groups excluding carboxylic acids is 2. The first-order chi connectivity index (χ1) is 16.4. The van der Waals surface area contributed by atoms with Crippen LogP contribution in [0, 0.1) is 9.39 Å². The van der Waals surface area contributed by atoms with E-state index in [1.165, 1.54) is 12.1 Å². The maximum atomic E-state index is 13.2. The van der Waals surface area contributed by atoms with Crippen molar-refractivity contribution in [1.29, 1.82) is 0 Å². The third kappa shape index (κ3) is 5.56. The third-order valence-electron chi connectivity index (χ3n) is 4.79. The van der Waals surface area contributed by atoms with Gasteiger partial charge < -0.3 is 9.47 Å². The summed E-state index contributed by atoms with van der Waals surface area (Å²) in [5, 5.41) is 0.0464. The van der Waals surface area contributed by atoms with Gasteiger partial charge in [0, 0.05) is 5.02 Å². The van der Waals surface area contributed by atoms with E-state index < -0.39 is 11.1 Å². The van der Waals surface area contributed by atoms with Crippen molar-refractivity contribution in [3.05, 3.63) is 91.1 Å². The molecule has 0 unspecified atom stereocenters. The number of anilines is 1. The first-order valence-electron chi connectivity index (χ1n) is 10.2. The molecule has 0 aliphatic carbocycles. The van der Waals surface area contributed by atoms with Gasteiger partial charge in [0.25, 0.3) is 11.1 Å². The fourth-order valence-corrected chi connectivity index (χ4v) is 5.07. The SMILES string of the molecule is CCOc1cc(/C=C2/SC(=O)N(c3cccc(Cl)c3)C2=O)cc(I)c1OCc1ccc(F)cc1. The fraction of sp³-hybridized carbons (Fsp3) is 0.120. The molecule has 0 saturated carbocycles. The van der Waals surface area contributed by atoms with Crippen LogP contribution in [0.25, 0.3) is 6.08 Å². The first-order valence-corrected chi connectivity index (χ1v) is 12.5. The van der Waals surface area contributed by atoms with E-state index in [2.05, 4.69) is 22.6 Å². The minimum absolute atomic E-state index is 0.244. The van der Waals surface area contributed by atoms with E-state index in [0.29, 0.717) is 39.3 Å². The van der Waals surface area contributed by atoms with E-state index in [0.717, 1.165) is 25.8 Å². The molecule has 3 aromatic carbocycles. The van der Waals surface area contributed by atoms with E-state index >= 15 is 0 Å². The van der Waals surface area contributed by atoms with Crippen LogP contribution < -0.4 is 14.4 Å². The highest BCUT2D eigenvalue weighted by atomic mass is 127. The van der Waals surface area contributed by atoms with Gasteiger partial charge in [-0.3, -0.25) is 9.59 Å². The molecule has 1 saturated heterocycles. The van der Waals surface area contributed by atoms with Crippen molar-refractivity contribution in [3.8, 4) is 11.5 Å². The molecule has 0 spiro atoms. The van der Waals surface area contributed by atoms with Crippen LogP contribution in [0.1, 0.15) is 18.1 Å². The second kappa shape index (κ2) is 10.8. The number of nitrogens with zero attached hydrogens (tertiary/aromatic N) is 1. The second-order valence-electron chi connectivity index (χ2n) is 7.18. The quantitative estimate of drug-likeness (QED) is 0.208. The summed E-state index contributed by atoms with van der Waals surface area (Å²) in [5.41, 5.74) is 1.93. The van der Waals surface area contributed by atoms with Crippen molar-refractivity contribution in [1.82, 2.24) is 0 Å². The van der Waals surface area contributed by atoms with Crippen LogP contribution in [0.4, 0.5) is 14.9 Å². The smallest absolute Gasteiger partial charge is 0.298 e. The van der Waals surface area contributed by atoms with Gasteiger partial charge in [-0.15, -0.1) is 0 Å². The molecule has 1 heterocycles. The van der Waals surface area contributed by atoms with Gasteiger partial charge in [-0.1, -0.05) is 29.8 Å². The molecule has 0 atom stereocenters. The first kappa shape index (κ1) is 24.6. The molecule has 5 nitrogen and oxygen atoms in total. The molecule has 1 aliphatic rings. The van der Waals surface area contributed by atoms with Crippen LogP contribution in [-0.4, -0.2) is 17.8 Å². The lowest BCUT2D eigenvalue weighted by molar-refractivity contribution is -0.113. The minimum atomic E-state index is -0.415. The molecule has 0 N–H and O–H groups in total. The monoisotopic (exact) mass is 609 g/mol. The molecular formula is C25H18ClFINO4S. The molecule has 9 heteroatoms. The summed E-state index contributed by atoms with van der Waals surface area (Å²) in [6, 6.07) is 16.3. The van der Waals surface area contributed by atoms with E-state index in [1.807, 2.05) is 13.0 Å². The van der Waals surface area contributed by atoms with Crippen molar-refractivity contribution in [2.45, 2.75) is 13.5 Å². The standard InChI is InChI=1S/C25H18ClFINO4S/c1-2-32-21-11-16(10-20(28)23(21)33-14-15-6-8-18(27)9-7-15)12-22-24(30)29(25(31)34-22)19-5-3-4-17(26)13-19/h3-13H,2,14H2,1H3/b22-12+. The highest BCUT2D eigenvalue weighted by Gasteiger charge is 2.36. The summed E-state index contributed by atoms with van der Waals surface area (Å²) in [4.78, 5) is 26.9. The maximum absolute atomic E-state index is 13.2. The zero-order chi connectivity index (χ0) is 24.2. The Kier molecular flexibility index (Phi) is 7.80. The van der Waals surface area contributed by atoms with Gasteiger partial charge in [0.05, 0.1) is 20.8 Å². The lowest BCUT2D eigenvalue weighted by Gasteiger charge is -2.15. The Bertz CT molecular complexity index is 1280. The summed E-state index contributed by atoms with van der Waals surface area (Å²) >= 11 is 9.02. The number of ether oxygens (including phenoxy) is 2. The minimum Gasteiger partial charge on any atom is -0.490 e. The van der Waals surface area contributed by atoms with Gasteiger partial charge in [0.1, 0.15) is 12.4 Å². The maximum Gasteiger partial charge on any atom is 0.298 e. The van der Waals surface area contributed by atoms with E-state index in [4.69, 9.17) is 21.1 Å². The number of hydrogen-bond acceptors (Lipinski definition) is 5. The van der Waals surface area contributed by atoms with Crippen LogP contribution in [0.15, 0.2) is 65.6 Å². The Labute approximate surface area is 219 Å². The topological polar surface area (TPSA) is 55.8 Å². The van der Waals surface area contributed by atoms with Gasteiger partial charge in [0.2, 0.25) is 0 Å². The predicted octanol–water partition coefficient (Wildman–Crippen LogP) is 7.30. The van der Waals surface area contributed by atoms with Gasteiger partial charge in [-0.2, -0.15) is 0 Å². The van der Waals surface area contributed by atoms with Crippen molar-refractivity contribution in [3.63, 3.8) is 0 Å². The Hall–Kier alpha value is -2.56. The number of carbonyl (C=O) groups is 2. The van der Waals surface area contributed by atoms with Crippen molar-refractivity contribution in [2.75, 3.05) is 11.5 Å².